The van der Waals surface area contributed by atoms with E-state index in [4.69, 9.17) is 4.74 Å². The molecule has 5 heteroatoms. The van der Waals surface area contributed by atoms with Gasteiger partial charge in [0.15, 0.2) is 0 Å². The van der Waals surface area contributed by atoms with Crippen LogP contribution in [0.5, 0.6) is 0 Å². The van der Waals surface area contributed by atoms with Crippen molar-refractivity contribution < 1.29 is 13.7 Å². The highest BCUT2D eigenvalue weighted by molar-refractivity contribution is 7.83. The van der Waals surface area contributed by atoms with E-state index in [2.05, 4.69) is 4.72 Å². The van der Waals surface area contributed by atoms with Gasteiger partial charge in [0, 0.05) is 5.75 Å². The van der Waals surface area contributed by atoms with E-state index in [1.807, 2.05) is 27.7 Å². The highest BCUT2D eigenvalue weighted by Gasteiger charge is 2.33. The van der Waals surface area contributed by atoms with Crippen LogP contribution in [0.3, 0.4) is 0 Å². The van der Waals surface area contributed by atoms with Crippen molar-refractivity contribution >= 4 is 17.0 Å². The summed E-state index contributed by atoms with van der Waals surface area (Å²) < 4.78 is 19.4. The Labute approximate surface area is 101 Å². The Morgan fingerprint density at radius 2 is 1.94 bits per heavy atom. The Balaban J connectivity index is 4.57. The summed E-state index contributed by atoms with van der Waals surface area (Å²) >= 11 is 0. The molecule has 0 aliphatic rings. The van der Waals surface area contributed by atoms with Crippen molar-refractivity contribution in [2.45, 2.75) is 47.1 Å². The van der Waals surface area contributed by atoms with E-state index < -0.39 is 17.0 Å². The van der Waals surface area contributed by atoms with Crippen LogP contribution in [0.15, 0.2) is 0 Å². The van der Waals surface area contributed by atoms with Gasteiger partial charge in [-0.15, -0.1) is 0 Å². The van der Waals surface area contributed by atoms with Gasteiger partial charge in [-0.25, -0.2) is 8.93 Å². The Morgan fingerprint density at radius 1 is 1.38 bits per heavy atom. The zero-order chi connectivity index (χ0) is 12.8. The van der Waals surface area contributed by atoms with Crippen LogP contribution >= 0.6 is 0 Å². The molecule has 0 fully saturated rings. The van der Waals surface area contributed by atoms with E-state index in [1.165, 1.54) is 0 Å². The smallest absolute Gasteiger partial charge is 0.324 e. The molecule has 0 bridgehead atoms. The predicted octanol–water partition coefficient (Wildman–Crippen LogP) is 1.63. The van der Waals surface area contributed by atoms with Crippen molar-refractivity contribution in [2.24, 2.45) is 5.41 Å². The fourth-order valence-corrected chi connectivity index (χ4v) is 2.38. The summed E-state index contributed by atoms with van der Waals surface area (Å²) in [6, 6.07) is -0.528. The maximum absolute atomic E-state index is 11.7. The zero-order valence-electron chi connectivity index (χ0n) is 10.8. The molecule has 0 rings (SSSR count). The summed E-state index contributed by atoms with van der Waals surface area (Å²) in [5.41, 5.74) is -0.310. The number of hydrogen-bond acceptors (Lipinski definition) is 3. The monoisotopic (exact) mass is 249 g/mol. The third kappa shape index (κ3) is 5.61. The van der Waals surface area contributed by atoms with Crippen LogP contribution in [0.25, 0.3) is 0 Å². The average Bonchev–Trinajstić information content (AvgIpc) is 2.13. The minimum absolute atomic E-state index is 0.310. The highest BCUT2D eigenvalue weighted by Crippen LogP contribution is 2.20. The lowest BCUT2D eigenvalue weighted by molar-refractivity contribution is -0.147. The lowest BCUT2D eigenvalue weighted by Crippen LogP contribution is -2.48. The third-order valence-corrected chi connectivity index (χ3v) is 3.30. The van der Waals surface area contributed by atoms with Gasteiger partial charge in [-0.05, 0) is 18.8 Å². The summed E-state index contributed by atoms with van der Waals surface area (Å²) in [6.07, 6.45) is 0.819. The van der Waals surface area contributed by atoms with Crippen LogP contribution in [0.2, 0.25) is 0 Å². The molecule has 0 amide bonds. The van der Waals surface area contributed by atoms with E-state index >= 15 is 0 Å². The standard InChI is InChI=1S/C11H23NO3S/c1-6-8-16(14)12-9(11(3,4)5)10(13)15-7-2/h9,12H,6-8H2,1-5H3. The number of esters is 1. The Bertz CT molecular complexity index is 248. The van der Waals surface area contributed by atoms with Crippen LogP contribution in [-0.2, 0) is 20.5 Å². The summed E-state index contributed by atoms with van der Waals surface area (Å²) in [4.78, 5) is 11.7. The van der Waals surface area contributed by atoms with Gasteiger partial charge in [-0.1, -0.05) is 27.7 Å². The molecule has 96 valence electrons. The van der Waals surface area contributed by atoms with Gasteiger partial charge in [0.05, 0.1) is 17.6 Å². The van der Waals surface area contributed by atoms with Gasteiger partial charge in [0.2, 0.25) is 0 Å². The lowest BCUT2D eigenvalue weighted by atomic mass is 9.87. The average molecular weight is 249 g/mol. The van der Waals surface area contributed by atoms with Gasteiger partial charge in [0.1, 0.15) is 6.04 Å². The summed E-state index contributed by atoms with van der Waals surface area (Å²) in [5.74, 6) is 0.214. The number of carbonyl (C=O) groups excluding carboxylic acids is 1. The van der Waals surface area contributed by atoms with Gasteiger partial charge in [-0.2, -0.15) is 0 Å². The quantitative estimate of drug-likeness (QED) is 0.728. The van der Waals surface area contributed by atoms with Crippen LogP contribution < -0.4 is 4.72 Å². The molecule has 0 aromatic heterocycles. The van der Waals surface area contributed by atoms with Crippen LogP contribution in [0.1, 0.15) is 41.0 Å². The summed E-state index contributed by atoms with van der Waals surface area (Å²) in [5, 5.41) is 0. The second-order valence-electron chi connectivity index (χ2n) is 4.72. The fourth-order valence-electron chi connectivity index (χ4n) is 1.18. The van der Waals surface area contributed by atoms with Crippen LogP contribution in [0.4, 0.5) is 0 Å². The van der Waals surface area contributed by atoms with Gasteiger partial charge in [-0.3, -0.25) is 4.79 Å². The van der Waals surface area contributed by atoms with Crippen molar-refractivity contribution in [3.63, 3.8) is 0 Å². The maximum Gasteiger partial charge on any atom is 0.324 e. The van der Waals surface area contributed by atoms with Crippen molar-refractivity contribution in [3.8, 4) is 0 Å². The number of carbonyl (C=O) groups is 1. The van der Waals surface area contributed by atoms with Gasteiger partial charge >= 0.3 is 5.97 Å². The fraction of sp³-hybridized carbons (Fsp3) is 0.909. The Hall–Kier alpha value is -0.420. The lowest BCUT2D eigenvalue weighted by Gasteiger charge is -2.28. The third-order valence-electron chi connectivity index (χ3n) is 2.03. The summed E-state index contributed by atoms with van der Waals surface area (Å²) in [7, 11) is -1.17. The first-order valence-corrected chi connectivity index (χ1v) is 6.96. The molecule has 1 N–H and O–H groups in total. The van der Waals surface area contributed by atoms with Crippen LogP contribution in [0, 0.1) is 5.41 Å². The second kappa shape index (κ2) is 7.01. The first-order valence-electron chi connectivity index (χ1n) is 5.64. The molecule has 2 atom stereocenters. The molecule has 0 heterocycles. The first kappa shape index (κ1) is 15.6. The number of hydrogen-bond donors (Lipinski definition) is 1. The van der Waals surface area contributed by atoms with E-state index in [-0.39, 0.29) is 11.4 Å². The molecule has 0 saturated carbocycles. The first-order chi connectivity index (χ1) is 7.32. The topological polar surface area (TPSA) is 55.4 Å². The molecule has 0 aromatic carbocycles. The molecule has 0 saturated heterocycles. The normalized spacial score (nSPS) is 15.6. The van der Waals surface area contributed by atoms with Gasteiger partial charge < -0.3 is 4.74 Å². The molecule has 0 spiro atoms. The molecular formula is C11H23NO3S. The molecule has 0 aliphatic carbocycles. The molecule has 4 nitrogen and oxygen atoms in total. The molecule has 2 unspecified atom stereocenters. The maximum atomic E-state index is 11.7. The number of nitrogens with one attached hydrogen (secondary N) is 1. The zero-order valence-corrected chi connectivity index (χ0v) is 11.6. The van der Waals surface area contributed by atoms with E-state index in [0.717, 1.165) is 6.42 Å². The second-order valence-corrected chi connectivity index (χ2v) is 6.05. The molecule has 0 radical (unpaired) electrons. The van der Waals surface area contributed by atoms with E-state index in [1.54, 1.807) is 6.92 Å². The Morgan fingerprint density at radius 3 is 2.31 bits per heavy atom. The van der Waals surface area contributed by atoms with Crippen LogP contribution in [-0.4, -0.2) is 28.6 Å². The molecule has 0 aromatic rings. The number of ether oxygens (including phenoxy) is 1. The largest absolute Gasteiger partial charge is 0.465 e. The van der Waals surface area contributed by atoms with E-state index in [0.29, 0.717) is 12.4 Å². The highest BCUT2D eigenvalue weighted by atomic mass is 32.2. The van der Waals surface area contributed by atoms with E-state index in [9.17, 15) is 9.00 Å². The van der Waals surface area contributed by atoms with Crippen molar-refractivity contribution in [3.05, 3.63) is 0 Å². The molecule has 0 aliphatic heterocycles. The van der Waals surface area contributed by atoms with Crippen molar-refractivity contribution in [2.75, 3.05) is 12.4 Å². The minimum Gasteiger partial charge on any atom is -0.465 e. The molecular weight excluding hydrogens is 226 g/mol. The number of rotatable bonds is 6. The SMILES string of the molecule is CCCS(=O)NC(C(=O)OCC)C(C)(C)C. The van der Waals surface area contributed by atoms with Crippen molar-refractivity contribution in [1.82, 2.24) is 4.72 Å². The molecule has 16 heavy (non-hydrogen) atoms. The predicted molar refractivity (Wildman–Crippen MR) is 66.3 cm³/mol. The minimum atomic E-state index is -1.17. The van der Waals surface area contributed by atoms with Gasteiger partial charge in [0.25, 0.3) is 0 Å². The Kier molecular flexibility index (Phi) is 6.83. The summed E-state index contributed by atoms with van der Waals surface area (Å²) in [6.45, 7) is 9.82. The van der Waals surface area contributed by atoms with Crippen molar-refractivity contribution in [1.29, 1.82) is 0 Å².